The van der Waals surface area contributed by atoms with Gasteiger partial charge in [0.15, 0.2) is 0 Å². The van der Waals surface area contributed by atoms with Gasteiger partial charge in [0.05, 0.1) is 5.69 Å². The van der Waals surface area contributed by atoms with Crippen LogP contribution in [-0.2, 0) is 6.54 Å². The Morgan fingerprint density at radius 3 is 2.75 bits per heavy atom. The van der Waals surface area contributed by atoms with Gasteiger partial charge in [-0.05, 0) is 18.6 Å². The predicted octanol–water partition coefficient (Wildman–Crippen LogP) is 1.79. The molecule has 0 amide bonds. The third-order valence-electron chi connectivity index (χ3n) is 1.57. The molecule has 2 N–H and O–H groups in total. The van der Waals surface area contributed by atoms with Crippen LogP contribution in [-0.4, -0.2) is 4.98 Å². The third kappa shape index (κ3) is 1.76. The summed E-state index contributed by atoms with van der Waals surface area (Å²) in [5.74, 6) is 0. The molecule has 66 valence electrons. The number of hydrogen-bond acceptors (Lipinski definition) is 2. The topological polar surface area (TPSA) is 38.9 Å². The van der Waals surface area contributed by atoms with Gasteiger partial charge in [0.25, 0.3) is 6.43 Å². The SMILES string of the molecule is Cc1cnc(CN)c(C(F)F)c1. The smallest absolute Gasteiger partial charge is 0.265 e. The van der Waals surface area contributed by atoms with Crippen molar-refractivity contribution in [3.63, 3.8) is 0 Å². The first kappa shape index (κ1) is 9.06. The number of alkyl halides is 2. The lowest BCUT2D eigenvalue weighted by atomic mass is 10.1. The fourth-order valence-electron chi connectivity index (χ4n) is 0.980. The lowest BCUT2D eigenvalue weighted by molar-refractivity contribution is 0.149. The maximum absolute atomic E-state index is 12.3. The standard InChI is InChI=1S/C8H10F2N2/c1-5-2-6(8(9)10)7(3-11)12-4-5/h2,4,8H,3,11H2,1H3. The van der Waals surface area contributed by atoms with Gasteiger partial charge < -0.3 is 5.73 Å². The number of nitrogens with zero attached hydrogens (tertiary/aromatic N) is 1. The van der Waals surface area contributed by atoms with Crippen molar-refractivity contribution < 1.29 is 8.78 Å². The van der Waals surface area contributed by atoms with E-state index in [1.807, 2.05) is 0 Å². The highest BCUT2D eigenvalue weighted by atomic mass is 19.3. The molecular formula is C8H10F2N2. The van der Waals surface area contributed by atoms with Crippen molar-refractivity contribution in [1.82, 2.24) is 4.98 Å². The summed E-state index contributed by atoms with van der Waals surface area (Å²) in [6.07, 6.45) is -0.954. The van der Waals surface area contributed by atoms with Crippen LogP contribution in [0.5, 0.6) is 0 Å². The molecule has 0 fully saturated rings. The first-order valence-corrected chi connectivity index (χ1v) is 3.58. The van der Waals surface area contributed by atoms with Crippen molar-refractivity contribution in [3.05, 3.63) is 29.1 Å². The van der Waals surface area contributed by atoms with Gasteiger partial charge in [-0.1, -0.05) is 0 Å². The Bertz CT molecular complexity index is 274. The maximum Gasteiger partial charge on any atom is 0.265 e. The third-order valence-corrected chi connectivity index (χ3v) is 1.57. The highest BCUT2D eigenvalue weighted by Crippen LogP contribution is 2.21. The Morgan fingerprint density at radius 1 is 1.58 bits per heavy atom. The number of rotatable bonds is 2. The van der Waals surface area contributed by atoms with E-state index in [9.17, 15) is 8.78 Å². The van der Waals surface area contributed by atoms with E-state index in [-0.39, 0.29) is 17.8 Å². The van der Waals surface area contributed by atoms with Crippen LogP contribution in [0.4, 0.5) is 8.78 Å². The molecule has 1 heterocycles. The first-order valence-electron chi connectivity index (χ1n) is 3.58. The van der Waals surface area contributed by atoms with Crippen LogP contribution in [0.15, 0.2) is 12.3 Å². The molecule has 0 aliphatic rings. The van der Waals surface area contributed by atoms with E-state index in [2.05, 4.69) is 4.98 Å². The highest BCUT2D eigenvalue weighted by Gasteiger charge is 2.12. The normalized spacial score (nSPS) is 10.8. The van der Waals surface area contributed by atoms with E-state index in [4.69, 9.17) is 5.73 Å². The second kappa shape index (κ2) is 3.58. The molecule has 0 bridgehead atoms. The molecule has 0 aliphatic heterocycles. The van der Waals surface area contributed by atoms with Gasteiger partial charge in [0, 0.05) is 18.3 Å². The molecule has 4 heteroatoms. The number of nitrogens with two attached hydrogens (primary N) is 1. The van der Waals surface area contributed by atoms with Gasteiger partial charge in [0.1, 0.15) is 0 Å². The van der Waals surface area contributed by atoms with Crippen LogP contribution in [0.1, 0.15) is 23.2 Å². The monoisotopic (exact) mass is 172 g/mol. The summed E-state index contributed by atoms with van der Waals surface area (Å²) in [7, 11) is 0. The van der Waals surface area contributed by atoms with Gasteiger partial charge in [-0.25, -0.2) is 8.78 Å². The van der Waals surface area contributed by atoms with Crippen LogP contribution in [0, 0.1) is 6.92 Å². The lowest BCUT2D eigenvalue weighted by Crippen LogP contribution is -2.05. The maximum atomic E-state index is 12.3. The molecule has 1 aromatic rings. The van der Waals surface area contributed by atoms with Crippen LogP contribution in [0.3, 0.4) is 0 Å². The van der Waals surface area contributed by atoms with Crippen LogP contribution < -0.4 is 5.73 Å². The Hall–Kier alpha value is -1.03. The van der Waals surface area contributed by atoms with Gasteiger partial charge in [-0.2, -0.15) is 0 Å². The summed E-state index contributed by atoms with van der Waals surface area (Å²) < 4.78 is 24.6. The molecule has 0 radical (unpaired) electrons. The zero-order chi connectivity index (χ0) is 9.14. The van der Waals surface area contributed by atoms with Gasteiger partial charge >= 0.3 is 0 Å². The molecule has 0 atom stereocenters. The molecule has 12 heavy (non-hydrogen) atoms. The molecule has 0 aliphatic carbocycles. The summed E-state index contributed by atoms with van der Waals surface area (Å²) in [5, 5.41) is 0. The fraction of sp³-hybridized carbons (Fsp3) is 0.375. The Kier molecular flexibility index (Phi) is 2.70. The molecule has 1 aromatic heterocycles. The number of halogens is 2. The number of aromatic nitrogens is 1. The summed E-state index contributed by atoms with van der Waals surface area (Å²) in [5.41, 5.74) is 6.18. The zero-order valence-corrected chi connectivity index (χ0v) is 6.72. The minimum Gasteiger partial charge on any atom is -0.325 e. The van der Waals surface area contributed by atoms with Crippen molar-refractivity contribution >= 4 is 0 Å². The summed E-state index contributed by atoms with van der Waals surface area (Å²) in [4.78, 5) is 3.81. The van der Waals surface area contributed by atoms with Crippen molar-refractivity contribution in [2.75, 3.05) is 0 Å². The molecule has 0 unspecified atom stereocenters. The molecule has 0 saturated carbocycles. The van der Waals surface area contributed by atoms with Crippen LogP contribution in [0.2, 0.25) is 0 Å². The van der Waals surface area contributed by atoms with Crippen molar-refractivity contribution in [2.24, 2.45) is 5.73 Å². The van der Waals surface area contributed by atoms with Gasteiger partial charge in [-0.15, -0.1) is 0 Å². The van der Waals surface area contributed by atoms with Crippen molar-refractivity contribution in [3.8, 4) is 0 Å². The van der Waals surface area contributed by atoms with Crippen molar-refractivity contribution in [1.29, 1.82) is 0 Å². The van der Waals surface area contributed by atoms with Gasteiger partial charge in [0.2, 0.25) is 0 Å². The Labute approximate surface area is 69.4 Å². The van der Waals surface area contributed by atoms with E-state index in [1.165, 1.54) is 12.3 Å². The second-order valence-corrected chi connectivity index (χ2v) is 2.55. The van der Waals surface area contributed by atoms with E-state index in [0.717, 1.165) is 5.56 Å². The molecule has 0 spiro atoms. The van der Waals surface area contributed by atoms with Gasteiger partial charge in [-0.3, -0.25) is 4.98 Å². The number of hydrogen-bond donors (Lipinski definition) is 1. The molecule has 0 aromatic carbocycles. The largest absolute Gasteiger partial charge is 0.325 e. The minimum absolute atomic E-state index is 0.0555. The quantitative estimate of drug-likeness (QED) is 0.738. The average molecular weight is 172 g/mol. The van der Waals surface area contributed by atoms with E-state index < -0.39 is 6.43 Å². The number of aryl methyl sites for hydroxylation is 1. The Morgan fingerprint density at radius 2 is 2.25 bits per heavy atom. The minimum atomic E-state index is -2.49. The molecule has 1 rings (SSSR count). The average Bonchev–Trinajstić information content (AvgIpc) is 2.04. The van der Waals surface area contributed by atoms with E-state index in [0.29, 0.717) is 0 Å². The molecular weight excluding hydrogens is 162 g/mol. The second-order valence-electron chi connectivity index (χ2n) is 2.55. The summed E-state index contributed by atoms with van der Waals surface area (Å²) in [6, 6.07) is 1.42. The van der Waals surface area contributed by atoms with E-state index in [1.54, 1.807) is 6.92 Å². The first-order chi connectivity index (χ1) is 5.65. The predicted molar refractivity (Wildman–Crippen MR) is 41.8 cm³/mol. The van der Waals surface area contributed by atoms with E-state index >= 15 is 0 Å². The summed E-state index contributed by atoms with van der Waals surface area (Å²) in [6.45, 7) is 1.78. The highest BCUT2D eigenvalue weighted by molar-refractivity contribution is 5.25. The lowest BCUT2D eigenvalue weighted by Gasteiger charge is -2.05. The van der Waals surface area contributed by atoms with Crippen molar-refractivity contribution in [2.45, 2.75) is 19.9 Å². The Balaban J connectivity index is 3.12. The molecule has 2 nitrogen and oxygen atoms in total. The number of pyridine rings is 1. The molecule has 0 saturated heterocycles. The fourth-order valence-corrected chi connectivity index (χ4v) is 0.980. The van der Waals surface area contributed by atoms with Crippen LogP contribution in [0.25, 0.3) is 0 Å². The zero-order valence-electron chi connectivity index (χ0n) is 6.72. The summed E-state index contributed by atoms with van der Waals surface area (Å²) >= 11 is 0. The van der Waals surface area contributed by atoms with Crippen LogP contribution >= 0.6 is 0 Å².